The van der Waals surface area contributed by atoms with Crippen LogP contribution in [0, 0.1) is 5.92 Å². The van der Waals surface area contributed by atoms with Crippen molar-refractivity contribution in [2.24, 2.45) is 5.92 Å². The van der Waals surface area contributed by atoms with E-state index in [1.54, 1.807) is 6.20 Å². The number of nitrogens with zero attached hydrogens (tertiary/aromatic N) is 2. The molecule has 0 spiro atoms. The van der Waals surface area contributed by atoms with Crippen LogP contribution < -0.4 is 5.32 Å². The molecule has 1 aromatic rings. The van der Waals surface area contributed by atoms with E-state index < -0.39 is 5.60 Å². The third-order valence-electron chi connectivity index (χ3n) is 5.43. The van der Waals surface area contributed by atoms with E-state index in [1.165, 1.54) is 5.56 Å². The summed E-state index contributed by atoms with van der Waals surface area (Å²) < 4.78 is 0. The van der Waals surface area contributed by atoms with Crippen molar-refractivity contribution in [2.45, 2.75) is 50.2 Å². The highest BCUT2D eigenvalue weighted by atomic mass is 16.3. The molecule has 1 saturated carbocycles. The van der Waals surface area contributed by atoms with E-state index in [4.69, 9.17) is 0 Å². The van der Waals surface area contributed by atoms with Crippen LogP contribution in [0.2, 0.25) is 0 Å². The van der Waals surface area contributed by atoms with Gasteiger partial charge in [-0.3, -0.25) is 14.7 Å². The topological polar surface area (TPSA) is 65.5 Å². The predicted octanol–water partition coefficient (Wildman–Crippen LogP) is 1.89. The number of rotatable bonds is 4. The Morgan fingerprint density at radius 3 is 2.91 bits per heavy atom. The van der Waals surface area contributed by atoms with E-state index in [-0.39, 0.29) is 11.9 Å². The van der Waals surface area contributed by atoms with Crippen LogP contribution in [-0.4, -0.2) is 46.6 Å². The van der Waals surface area contributed by atoms with Gasteiger partial charge in [-0.15, -0.1) is 0 Å². The lowest BCUT2D eigenvalue weighted by atomic mass is 9.84. The average Bonchev–Trinajstić information content (AvgIpc) is 2.95. The van der Waals surface area contributed by atoms with Gasteiger partial charge in [-0.2, -0.15) is 0 Å². The van der Waals surface area contributed by atoms with Gasteiger partial charge in [0.2, 0.25) is 0 Å². The van der Waals surface area contributed by atoms with Crippen molar-refractivity contribution in [1.29, 1.82) is 0 Å². The smallest absolute Gasteiger partial charge is 0.251 e. The molecule has 1 saturated heterocycles. The van der Waals surface area contributed by atoms with Gasteiger partial charge in [0, 0.05) is 25.0 Å². The monoisotopic (exact) mass is 317 g/mol. The highest BCUT2D eigenvalue weighted by Gasteiger charge is 2.38. The van der Waals surface area contributed by atoms with E-state index in [1.807, 2.05) is 12.3 Å². The largest absolute Gasteiger partial charge is 0.380 e. The standard InChI is InChI=1S/C18H27N3O2/c1-21-11-7-15(16(21)14-6-5-10-19-12-14)13-20-17(22)18(23)8-3-2-4-9-18/h5-6,10,12,15-16,23H,2-4,7-9,11,13H2,1H3,(H,20,22)/t15-,16-/m0/s1. The number of hydrogen-bond donors (Lipinski definition) is 2. The Labute approximate surface area is 138 Å². The first-order chi connectivity index (χ1) is 11.1. The molecule has 5 nitrogen and oxygen atoms in total. The molecule has 126 valence electrons. The normalized spacial score (nSPS) is 27.7. The highest BCUT2D eigenvalue weighted by molar-refractivity contribution is 5.84. The Morgan fingerprint density at radius 2 is 2.22 bits per heavy atom. The molecule has 2 heterocycles. The molecule has 3 rings (SSSR count). The molecule has 1 aliphatic heterocycles. The first-order valence-electron chi connectivity index (χ1n) is 8.71. The van der Waals surface area contributed by atoms with Gasteiger partial charge in [-0.05, 0) is 50.4 Å². The molecule has 5 heteroatoms. The fourth-order valence-corrected chi connectivity index (χ4v) is 4.07. The molecule has 2 aliphatic rings. The third-order valence-corrected chi connectivity index (χ3v) is 5.43. The van der Waals surface area contributed by atoms with Gasteiger partial charge in [0.15, 0.2) is 0 Å². The van der Waals surface area contributed by atoms with Gasteiger partial charge in [0.1, 0.15) is 5.60 Å². The predicted molar refractivity (Wildman–Crippen MR) is 88.8 cm³/mol. The summed E-state index contributed by atoms with van der Waals surface area (Å²) >= 11 is 0. The lowest BCUT2D eigenvalue weighted by Crippen LogP contribution is -2.49. The molecule has 0 unspecified atom stereocenters. The minimum absolute atomic E-state index is 0.184. The maximum Gasteiger partial charge on any atom is 0.251 e. The van der Waals surface area contributed by atoms with E-state index in [2.05, 4.69) is 28.3 Å². The Balaban J connectivity index is 1.62. The molecule has 1 aromatic heterocycles. The second-order valence-corrected chi connectivity index (χ2v) is 7.06. The average molecular weight is 317 g/mol. The van der Waals surface area contributed by atoms with Crippen LogP contribution in [0.25, 0.3) is 0 Å². The van der Waals surface area contributed by atoms with Crippen molar-refractivity contribution in [3.8, 4) is 0 Å². The van der Waals surface area contributed by atoms with Crippen LogP contribution in [-0.2, 0) is 4.79 Å². The summed E-state index contributed by atoms with van der Waals surface area (Å²) in [5.41, 5.74) is 0.0511. The Bertz CT molecular complexity index is 528. The molecule has 0 bridgehead atoms. The molecule has 0 radical (unpaired) electrons. The number of nitrogens with one attached hydrogen (secondary N) is 1. The van der Waals surface area contributed by atoms with Crippen molar-refractivity contribution in [2.75, 3.05) is 20.1 Å². The summed E-state index contributed by atoms with van der Waals surface area (Å²) in [6.45, 7) is 1.63. The van der Waals surface area contributed by atoms with Gasteiger partial charge in [0.05, 0.1) is 0 Å². The summed E-state index contributed by atoms with van der Waals surface area (Å²) in [5.74, 6) is 0.178. The molecule has 23 heavy (non-hydrogen) atoms. The number of likely N-dealkylation sites (tertiary alicyclic amines) is 1. The highest BCUT2D eigenvalue weighted by Crippen LogP contribution is 2.35. The zero-order valence-corrected chi connectivity index (χ0v) is 13.9. The first kappa shape index (κ1) is 16.4. The van der Waals surface area contributed by atoms with Crippen molar-refractivity contribution in [1.82, 2.24) is 15.2 Å². The Hall–Kier alpha value is -1.46. The molecule has 1 amide bonds. The van der Waals surface area contributed by atoms with Crippen LogP contribution in [0.1, 0.15) is 50.1 Å². The van der Waals surface area contributed by atoms with Crippen LogP contribution in [0.5, 0.6) is 0 Å². The van der Waals surface area contributed by atoms with Crippen LogP contribution in [0.4, 0.5) is 0 Å². The van der Waals surface area contributed by atoms with Crippen LogP contribution in [0.3, 0.4) is 0 Å². The minimum Gasteiger partial charge on any atom is -0.380 e. The fourth-order valence-electron chi connectivity index (χ4n) is 4.07. The van der Waals surface area contributed by atoms with Gasteiger partial charge in [0.25, 0.3) is 5.91 Å². The van der Waals surface area contributed by atoms with Crippen LogP contribution >= 0.6 is 0 Å². The maximum atomic E-state index is 12.4. The minimum atomic E-state index is -1.15. The van der Waals surface area contributed by atoms with E-state index >= 15 is 0 Å². The summed E-state index contributed by atoms with van der Waals surface area (Å²) in [5, 5.41) is 13.5. The van der Waals surface area contributed by atoms with Crippen molar-refractivity contribution in [3.63, 3.8) is 0 Å². The molecule has 2 fully saturated rings. The van der Waals surface area contributed by atoms with Crippen molar-refractivity contribution >= 4 is 5.91 Å². The summed E-state index contributed by atoms with van der Waals surface area (Å²) in [7, 11) is 2.12. The molecule has 1 aliphatic carbocycles. The quantitative estimate of drug-likeness (QED) is 0.890. The van der Waals surface area contributed by atoms with Crippen LogP contribution in [0.15, 0.2) is 24.5 Å². The summed E-state index contributed by atoms with van der Waals surface area (Å²) in [6, 6.07) is 4.34. The maximum absolute atomic E-state index is 12.4. The number of carbonyl (C=O) groups is 1. The molecular weight excluding hydrogens is 290 g/mol. The molecule has 0 aromatic carbocycles. The number of aromatic nitrogens is 1. The number of carbonyl (C=O) groups excluding carboxylic acids is 1. The molecular formula is C18H27N3O2. The SMILES string of the molecule is CN1CC[C@@H](CNC(=O)C2(O)CCCCC2)[C@@H]1c1cccnc1. The Morgan fingerprint density at radius 1 is 1.43 bits per heavy atom. The Kier molecular flexibility index (Phi) is 4.97. The van der Waals surface area contributed by atoms with Crippen molar-refractivity contribution < 1.29 is 9.90 Å². The number of pyridine rings is 1. The zero-order chi connectivity index (χ0) is 16.3. The lowest BCUT2D eigenvalue weighted by molar-refractivity contribution is -0.143. The molecule has 2 N–H and O–H groups in total. The van der Waals surface area contributed by atoms with Gasteiger partial charge >= 0.3 is 0 Å². The lowest BCUT2D eigenvalue weighted by Gasteiger charge is -2.32. The van der Waals surface area contributed by atoms with E-state index in [0.29, 0.717) is 25.3 Å². The van der Waals surface area contributed by atoms with E-state index in [0.717, 1.165) is 32.2 Å². The van der Waals surface area contributed by atoms with Gasteiger partial charge < -0.3 is 10.4 Å². The fraction of sp³-hybridized carbons (Fsp3) is 0.667. The first-order valence-corrected chi connectivity index (χ1v) is 8.71. The summed E-state index contributed by atoms with van der Waals surface area (Å²) in [4.78, 5) is 19.0. The van der Waals surface area contributed by atoms with Gasteiger partial charge in [-0.25, -0.2) is 0 Å². The number of aliphatic hydroxyl groups is 1. The number of hydrogen-bond acceptors (Lipinski definition) is 4. The third kappa shape index (κ3) is 3.56. The summed E-state index contributed by atoms with van der Waals surface area (Å²) in [6.07, 6.45) is 8.93. The zero-order valence-electron chi connectivity index (χ0n) is 13.9. The number of amides is 1. The second-order valence-electron chi connectivity index (χ2n) is 7.06. The van der Waals surface area contributed by atoms with E-state index in [9.17, 15) is 9.90 Å². The van der Waals surface area contributed by atoms with Gasteiger partial charge in [-0.1, -0.05) is 25.3 Å². The second kappa shape index (κ2) is 6.97. The molecule has 2 atom stereocenters. The van der Waals surface area contributed by atoms with Crippen molar-refractivity contribution in [3.05, 3.63) is 30.1 Å².